The standard InChI is InChI=1S/C20H21N3O2/c1-23-12-22-18(17-11-16(9-10-21-17)20(24)25-2)19(23)15-7-5-14(6-8-15)13-3-4-13/h5-13,20,24H,3-4H2,1-2H3. The van der Waals surface area contributed by atoms with Crippen LogP contribution in [-0.2, 0) is 11.8 Å². The van der Waals surface area contributed by atoms with Gasteiger partial charge in [0.25, 0.3) is 0 Å². The van der Waals surface area contributed by atoms with E-state index in [0.717, 1.165) is 28.6 Å². The van der Waals surface area contributed by atoms with E-state index in [0.29, 0.717) is 5.56 Å². The predicted octanol–water partition coefficient (Wildman–Crippen LogP) is 3.66. The smallest absolute Gasteiger partial charge is 0.180 e. The summed E-state index contributed by atoms with van der Waals surface area (Å²) in [6.45, 7) is 0. The topological polar surface area (TPSA) is 60.2 Å². The van der Waals surface area contributed by atoms with Gasteiger partial charge >= 0.3 is 0 Å². The minimum absolute atomic E-state index is 0.660. The van der Waals surface area contributed by atoms with Crippen LogP contribution in [0.15, 0.2) is 48.9 Å². The molecule has 0 spiro atoms. The van der Waals surface area contributed by atoms with E-state index in [2.05, 4.69) is 34.2 Å². The highest BCUT2D eigenvalue weighted by Crippen LogP contribution is 2.41. The van der Waals surface area contributed by atoms with E-state index in [1.54, 1.807) is 18.6 Å². The first kappa shape index (κ1) is 16.0. The summed E-state index contributed by atoms with van der Waals surface area (Å²) in [6.07, 6.45) is 5.10. The van der Waals surface area contributed by atoms with Gasteiger partial charge in [-0.15, -0.1) is 0 Å². The molecule has 1 atom stereocenters. The average Bonchev–Trinajstić information content (AvgIpc) is 3.43. The van der Waals surface area contributed by atoms with E-state index < -0.39 is 6.29 Å². The number of rotatable bonds is 5. The molecule has 4 rings (SSSR count). The minimum Gasteiger partial charge on any atom is -0.364 e. The van der Waals surface area contributed by atoms with Crippen LogP contribution >= 0.6 is 0 Å². The molecule has 1 N–H and O–H groups in total. The zero-order valence-corrected chi connectivity index (χ0v) is 14.4. The van der Waals surface area contributed by atoms with Crippen molar-refractivity contribution in [2.75, 3.05) is 7.11 Å². The molecule has 3 aromatic rings. The number of aliphatic hydroxyl groups is 1. The first-order valence-corrected chi connectivity index (χ1v) is 8.46. The molecule has 1 aliphatic rings. The Hall–Kier alpha value is -2.50. The van der Waals surface area contributed by atoms with Crippen LogP contribution in [0, 0.1) is 0 Å². The third kappa shape index (κ3) is 3.08. The number of pyridine rings is 1. The van der Waals surface area contributed by atoms with Gasteiger partial charge in [-0.2, -0.15) is 0 Å². The van der Waals surface area contributed by atoms with E-state index in [4.69, 9.17) is 4.74 Å². The van der Waals surface area contributed by atoms with Gasteiger partial charge in [0.1, 0.15) is 5.69 Å². The zero-order valence-electron chi connectivity index (χ0n) is 14.4. The molecule has 1 fully saturated rings. The SMILES string of the molecule is COC(O)c1ccnc(-c2ncn(C)c2-c2ccc(C3CC3)cc2)c1. The molecule has 2 heterocycles. The summed E-state index contributed by atoms with van der Waals surface area (Å²) < 4.78 is 6.99. The largest absolute Gasteiger partial charge is 0.364 e. The Bertz CT molecular complexity index is 882. The van der Waals surface area contributed by atoms with Crippen LogP contribution in [-0.4, -0.2) is 26.8 Å². The summed E-state index contributed by atoms with van der Waals surface area (Å²) in [4.78, 5) is 8.98. The van der Waals surface area contributed by atoms with Crippen molar-refractivity contribution in [1.29, 1.82) is 0 Å². The molecule has 0 bridgehead atoms. The van der Waals surface area contributed by atoms with Gasteiger partial charge in [0.15, 0.2) is 6.29 Å². The first-order valence-electron chi connectivity index (χ1n) is 8.46. The average molecular weight is 335 g/mol. The molecule has 1 saturated carbocycles. The number of aromatic nitrogens is 3. The maximum absolute atomic E-state index is 9.90. The van der Waals surface area contributed by atoms with Crippen molar-refractivity contribution in [2.24, 2.45) is 7.05 Å². The Kier molecular flexibility index (Phi) is 4.11. The van der Waals surface area contributed by atoms with E-state index in [1.165, 1.54) is 25.5 Å². The van der Waals surface area contributed by atoms with Crippen molar-refractivity contribution >= 4 is 0 Å². The summed E-state index contributed by atoms with van der Waals surface area (Å²) in [5.74, 6) is 0.744. The van der Waals surface area contributed by atoms with E-state index >= 15 is 0 Å². The van der Waals surface area contributed by atoms with Crippen LogP contribution in [0.25, 0.3) is 22.6 Å². The van der Waals surface area contributed by atoms with Crippen LogP contribution < -0.4 is 0 Å². The highest BCUT2D eigenvalue weighted by atomic mass is 16.6. The number of benzene rings is 1. The van der Waals surface area contributed by atoms with Crippen molar-refractivity contribution in [3.05, 3.63) is 60.0 Å². The summed E-state index contributed by atoms with van der Waals surface area (Å²) in [5, 5.41) is 9.90. The molecule has 0 amide bonds. The van der Waals surface area contributed by atoms with Gasteiger partial charge in [-0.3, -0.25) is 4.98 Å². The lowest BCUT2D eigenvalue weighted by molar-refractivity contribution is -0.0769. The van der Waals surface area contributed by atoms with Crippen LogP contribution in [0.4, 0.5) is 0 Å². The lowest BCUT2D eigenvalue weighted by atomic mass is 10.0. The summed E-state index contributed by atoms with van der Waals surface area (Å²) in [6, 6.07) is 12.3. The number of methoxy groups -OCH3 is 1. The highest BCUT2D eigenvalue weighted by molar-refractivity contribution is 5.77. The van der Waals surface area contributed by atoms with Crippen LogP contribution in [0.1, 0.15) is 36.2 Å². The third-order valence-electron chi connectivity index (χ3n) is 4.70. The van der Waals surface area contributed by atoms with Gasteiger partial charge in [0.2, 0.25) is 0 Å². The maximum atomic E-state index is 9.90. The fourth-order valence-corrected chi connectivity index (χ4v) is 3.15. The molecule has 0 saturated heterocycles. The Morgan fingerprint density at radius 3 is 2.60 bits per heavy atom. The van der Waals surface area contributed by atoms with Gasteiger partial charge in [-0.05, 0) is 36.5 Å². The molecule has 128 valence electrons. The highest BCUT2D eigenvalue weighted by Gasteiger charge is 2.23. The normalized spacial score (nSPS) is 15.3. The van der Waals surface area contributed by atoms with Crippen LogP contribution in [0.2, 0.25) is 0 Å². The quantitative estimate of drug-likeness (QED) is 0.723. The molecule has 5 heteroatoms. The zero-order chi connectivity index (χ0) is 17.4. The maximum Gasteiger partial charge on any atom is 0.180 e. The van der Waals surface area contributed by atoms with Gasteiger partial charge in [0.05, 0.1) is 17.7 Å². The lowest BCUT2D eigenvalue weighted by Crippen LogP contribution is -2.00. The fourth-order valence-electron chi connectivity index (χ4n) is 3.15. The van der Waals surface area contributed by atoms with Crippen LogP contribution in [0.3, 0.4) is 0 Å². The molecule has 0 radical (unpaired) electrons. The second-order valence-electron chi connectivity index (χ2n) is 6.51. The predicted molar refractivity (Wildman–Crippen MR) is 95.8 cm³/mol. The lowest BCUT2D eigenvalue weighted by Gasteiger charge is -2.11. The van der Waals surface area contributed by atoms with Crippen molar-refractivity contribution in [3.63, 3.8) is 0 Å². The Morgan fingerprint density at radius 2 is 1.92 bits per heavy atom. The van der Waals surface area contributed by atoms with Crippen molar-refractivity contribution in [2.45, 2.75) is 25.0 Å². The van der Waals surface area contributed by atoms with E-state index in [-0.39, 0.29) is 0 Å². The fraction of sp³-hybridized carbons (Fsp3) is 0.300. The molecular weight excluding hydrogens is 314 g/mol. The summed E-state index contributed by atoms with van der Waals surface area (Å²) >= 11 is 0. The number of aryl methyl sites for hydroxylation is 1. The number of nitrogens with zero attached hydrogens (tertiary/aromatic N) is 3. The Morgan fingerprint density at radius 1 is 1.16 bits per heavy atom. The number of hydrogen-bond donors (Lipinski definition) is 1. The number of hydrogen-bond acceptors (Lipinski definition) is 4. The first-order chi connectivity index (χ1) is 12.2. The minimum atomic E-state index is -0.966. The Balaban J connectivity index is 1.74. The molecular formula is C20H21N3O2. The van der Waals surface area contributed by atoms with Crippen molar-refractivity contribution in [3.8, 4) is 22.6 Å². The second kappa shape index (κ2) is 6.43. The van der Waals surface area contributed by atoms with Gasteiger partial charge < -0.3 is 14.4 Å². The van der Waals surface area contributed by atoms with E-state index in [1.807, 2.05) is 17.7 Å². The molecule has 2 aromatic heterocycles. The number of ether oxygens (including phenoxy) is 1. The van der Waals surface area contributed by atoms with Gasteiger partial charge in [-0.25, -0.2) is 4.98 Å². The van der Waals surface area contributed by atoms with Crippen LogP contribution in [0.5, 0.6) is 0 Å². The molecule has 0 aliphatic heterocycles. The molecule has 1 aliphatic carbocycles. The Labute approximate surface area is 146 Å². The third-order valence-corrected chi connectivity index (χ3v) is 4.70. The van der Waals surface area contributed by atoms with Crippen molar-refractivity contribution < 1.29 is 9.84 Å². The van der Waals surface area contributed by atoms with Gasteiger partial charge in [-0.1, -0.05) is 24.3 Å². The van der Waals surface area contributed by atoms with Crippen molar-refractivity contribution in [1.82, 2.24) is 14.5 Å². The molecule has 1 unspecified atom stereocenters. The molecule has 1 aromatic carbocycles. The number of imidazole rings is 1. The summed E-state index contributed by atoms with van der Waals surface area (Å²) in [7, 11) is 3.45. The molecule has 5 nitrogen and oxygen atoms in total. The summed E-state index contributed by atoms with van der Waals surface area (Å²) in [5.41, 5.74) is 5.71. The number of aliphatic hydroxyl groups excluding tert-OH is 1. The van der Waals surface area contributed by atoms with Gasteiger partial charge in [0, 0.05) is 31.5 Å². The monoisotopic (exact) mass is 335 g/mol. The second-order valence-corrected chi connectivity index (χ2v) is 6.51. The molecule has 25 heavy (non-hydrogen) atoms. The van der Waals surface area contributed by atoms with E-state index in [9.17, 15) is 5.11 Å².